The van der Waals surface area contributed by atoms with Gasteiger partial charge in [-0.25, -0.2) is 0 Å². The highest BCUT2D eigenvalue weighted by atomic mass is 16.5. The van der Waals surface area contributed by atoms with E-state index in [1.807, 2.05) is 30.3 Å². The molecule has 1 fully saturated rings. The van der Waals surface area contributed by atoms with Crippen LogP contribution < -0.4 is 4.74 Å². The fraction of sp³-hybridized carbons (Fsp3) is 0.409. The zero-order valence-electron chi connectivity index (χ0n) is 15.0. The van der Waals surface area contributed by atoms with E-state index in [4.69, 9.17) is 4.74 Å². The molecule has 0 aromatic heterocycles. The number of aryl methyl sites for hydroxylation is 1. The van der Waals surface area contributed by atoms with Crippen molar-refractivity contribution in [3.8, 4) is 16.9 Å². The number of rotatable bonds is 8. The summed E-state index contributed by atoms with van der Waals surface area (Å²) < 4.78 is 5.86. The van der Waals surface area contributed by atoms with Crippen LogP contribution in [0.15, 0.2) is 42.5 Å². The van der Waals surface area contributed by atoms with Crippen molar-refractivity contribution in [3.05, 3.63) is 53.6 Å². The summed E-state index contributed by atoms with van der Waals surface area (Å²) in [5, 5.41) is 0. The topological polar surface area (TPSA) is 29.5 Å². The smallest absolute Gasteiger partial charge is 0.153 e. The first-order valence-corrected chi connectivity index (χ1v) is 9.28. The van der Waals surface area contributed by atoms with Crippen LogP contribution in [0.25, 0.3) is 11.1 Å². The second-order valence-electron chi connectivity index (χ2n) is 6.79. The molecular formula is C22H27NO2. The zero-order valence-corrected chi connectivity index (χ0v) is 15.0. The van der Waals surface area contributed by atoms with Crippen molar-refractivity contribution >= 4 is 6.29 Å². The number of benzene rings is 2. The molecule has 1 aliphatic rings. The van der Waals surface area contributed by atoms with Crippen molar-refractivity contribution < 1.29 is 9.53 Å². The number of hydrogen-bond donors (Lipinski definition) is 0. The van der Waals surface area contributed by atoms with Crippen LogP contribution in [-0.2, 0) is 0 Å². The first kappa shape index (κ1) is 17.7. The van der Waals surface area contributed by atoms with Gasteiger partial charge in [0.1, 0.15) is 5.75 Å². The minimum absolute atomic E-state index is 0.625. The standard InChI is InChI=1S/C22H27NO2/c1-18-8-2-3-9-21(18)19-10-11-22(20(16-19)17-24)25-15-7-6-14-23-12-4-5-13-23/h2-3,8-11,16-17H,4-7,12-15H2,1H3. The van der Waals surface area contributed by atoms with Crippen LogP contribution in [-0.4, -0.2) is 37.4 Å². The quantitative estimate of drug-likeness (QED) is 0.515. The van der Waals surface area contributed by atoms with E-state index in [-0.39, 0.29) is 0 Å². The van der Waals surface area contributed by atoms with Gasteiger partial charge < -0.3 is 9.64 Å². The Kier molecular flexibility index (Phi) is 6.24. The molecule has 0 aliphatic carbocycles. The summed E-state index contributed by atoms with van der Waals surface area (Å²) in [4.78, 5) is 14.0. The molecule has 3 nitrogen and oxygen atoms in total. The van der Waals surface area contributed by atoms with Crippen LogP contribution in [0.1, 0.15) is 41.6 Å². The van der Waals surface area contributed by atoms with Gasteiger partial charge in [0.15, 0.2) is 6.29 Å². The molecule has 2 aromatic carbocycles. The third kappa shape index (κ3) is 4.70. The highest BCUT2D eigenvalue weighted by molar-refractivity contribution is 5.83. The van der Waals surface area contributed by atoms with Gasteiger partial charge in [0.2, 0.25) is 0 Å². The molecule has 25 heavy (non-hydrogen) atoms. The largest absolute Gasteiger partial charge is 0.493 e. The lowest BCUT2D eigenvalue weighted by molar-refractivity contribution is 0.111. The average Bonchev–Trinajstić information content (AvgIpc) is 3.15. The predicted octanol–water partition coefficient (Wildman–Crippen LogP) is 4.73. The predicted molar refractivity (Wildman–Crippen MR) is 102 cm³/mol. The molecule has 3 rings (SSSR count). The van der Waals surface area contributed by atoms with Gasteiger partial charge in [-0.1, -0.05) is 30.3 Å². The second kappa shape index (κ2) is 8.82. The molecular weight excluding hydrogens is 310 g/mol. The molecule has 0 amide bonds. The minimum atomic E-state index is 0.625. The normalized spacial score (nSPS) is 14.6. The van der Waals surface area contributed by atoms with E-state index in [0.29, 0.717) is 17.9 Å². The molecule has 1 saturated heterocycles. The molecule has 0 spiro atoms. The van der Waals surface area contributed by atoms with Crippen molar-refractivity contribution in [2.75, 3.05) is 26.2 Å². The number of unbranched alkanes of at least 4 members (excludes halogenated alkanes) is 1. The van der Waals surface area contributed by atoms with Crippen molar-refractivity contribution in [1.82, 2.24) is 4.90 Å². The highest BCUT2D eigenvalue weighted by Gasteiger charge is 2.11. The van der Waals surface area contributed by atoms with Gasteiger partial charge in [-0.2, -0.15) is 0 Å². The Morgan fingerprint density at radius 3 is 2.64 bits per heavy atom. The fourth-order valence-corrected chi connectivity index (χ4v) is 3.46. The average molecular weight is 337 g/mol. The van der Waals surface area contributed by atoms with Gasteiger partial charge in [-0.3, -0.25) is 4.79 Å². The Balaban J connectivity index is 1.56. The molecule has 0 saturated carbocycles. The first-order chi connectivity index (χ1) is 12.3. The molecule has 0 bridgehead atoms. The van der Waals surface area contributed by atoms with Gasteiger partial charge in [-0.05, 0) is 81.1 Å². The van der Waals surface area contributed by atoms with Crippen LogP contribution >= 0.6 is 0 Å². The molecule has 0 radical (unpaired) electrons. The Bertz CT molecular complexity index is 705. The van der Waals surface area contributed by atoms with Crippen molar-refractivity contribution in [3.63, 3.8) is 0 Å². The lowest BCUT2D eigenvalue weighted by atomic mass is 9.99. The summed E-state index contributed by atoms with van der Waals surface area (Å²) >= 11 is 0. The molecule has 0 N–H and O–H groups in total. The van der Waals surface area contributed by atoms with Gasteiger partial charge in [0.05, 0.1) is 12.2 Å². The van der Waals surface area contributed by atoms with Crippen LogP contribution in [0, 0.1) is 6.92 Å². The lowest BCUT2D eigenvalue weighted by Crippen LogP contribution is -2.20. The van der Waals surface area contributed by atoms with E-state index in [9.17, 15) is 4.79 Å². The van der Waals surface area contributed by atoms with E-state index in [1.54, 1.807) is 0 Å². The van der Waals surface area contributed by atoms with Gasteiger partial charge in [-0.15, -0.1) is 0 Å². The van der Waals surface area contributed by atoms with Gasteiger partial charge >= 0.3 is 0 Å². The van der Waals surface area contributed by atoms with Crippen LogP contribution in [0.4, 0.5) is 0 Å². The monoisotopic (exact) mass is 337 g/mol. The number of nitrogens with zero attached hydrogens (tertiary/aromatic N) is 1. The summed E-state index contributed by atoms with van der Waals surface area (Å²) in [5.41, 5.74) is 4.04. The highest BCUT2D eigenvalue weighted by Crippen LogP contribution is 2.28. The van der Waals surface area contributed by atoms with E-state index < -0.39 is 0 Å². The van der Waals surface area contributed by atoms with E-state index in [2.05, 4.69) is 24.0 Å². The van der Waals surface area contributed by atoms with Crippen molar-refractivity contribution in [2.24, 2.45) is 0 Å². The fourth-order valence-electron chi connectivity index (χ4n) is 3.46. The molecule has 0 unspecified atom stereocenters. The minimum Gasteiger partial charge on any atom is -0.493 e. The number of aldehydes is 1. The summed E-state index contributed by atoms with van der Waals surface area (Å²) in [6.07, 6.45) is 5.74. The van der Waals surface area contributed by atoms with E-state index in [1.165, 1.54) is 31.5 Å². The van der Waals surface area contributed by atoms with Gasteiger partial charge in [0, 0.05) is 0 Å². The Labute approximate surface area is 150 Å². The number of carbonyl (C=O) groups is 1. The third-order valence-corrected chi connectivity index (χ3v) is 4.92. The van der Waals surface area contributed by atoms with Crippen LogP contribution in [0.2, 0.25) is 0 Å². The number of ether oxygens (including phenoxy) is 1. The maximum atomic E-state index is 11.5. The zero-order chi connectivity index (χ0) is 17.5. The van der Waals surface area contributed by atoms with Crippen LogP contribution in [0.3, 0.4) is 0 Å². The Morgan fingerprint density at radius 1 is 1.08 bits per heavy atom. The van der Waals surface area contributed by atoms with Crippen LogP contribution in [0.5, 0.6) is 5.75 Å². The summed E-state index contributed by atoms with van der Waals surface area (Å²) in [6, 6.07) is 14.1. The summed E-state index contributed by atoms with van der Waals surface area (Å²) in [6.45, 7) is 6.40. The maximum absolute atomic E-state index is 11.5. The van der Waals surface area contributed by atoms with Gasteiger partial charge in [0.25, 0.3) is 0 Å². The lowest BCUT2D eigenvalue weighted by Gasteiger charge is -2.15. The molecule has 0 atom stereocenters. The van der Waals surface area contributed by atoms with E-state index >= 15 is 0 Å². The first-order valence-electron chi connectivity index (χ1n) is 9.28. The number of likely N-dealkylation sites (tertiary alicyclic amines) is 1. The maximum Gasteiger partial charge on any atom is 0.153 e. The summed E-state index contributed by atoms with van der Waals surface area (Å²) in [5.74, 6) is 0.688. The second-order valence-corrected chi connectivity index (χ2v) is 6.79. The van der Waals surface area contributed by atoms with Crippen molar-refractivity contribution in [2.45, 2.75) is 32.6 Å². The Hall–Kier alpha value is -2.13. The third-order valence-electron chi connectivity index (χ3n) is 4.92. The van der Waals surface area contributed by atoms with Crippen molar-refractivity contribution in [1.29, 1.82) is 0 Å². The molecule has 3 heteroatoms. The number of carbonyl (C=O) groups excluding carboxylic acids is 1. The molecule has 1 aliphatic heterocycles. The summed E-state index contributed by atoms with van der Waals surface area (Å²) in [7, 11) is 0. The van der Waals surface area contributed by atoms with E-state index in [0.717, 1.165) is 36.8 Å². The Morgan fingerprint density at radius 2 is 1.88 bits per heavy atom. The molecule has 2 aromatic rings. The number of hydrogen-bond acceptors (Lipinski definition) is 3. The SMILES string of the molecule is Cc1ccccc1-c1ccc(OCCCCN2CCCC2)c(C=O)c1. The molecule has 132 valence electrons. The molecule has 1 heterocycles.